The summed E-state index contributed by atoms with van der Waals surface area (Å²) in [4.78, 5) is 32.9. The Labute approximate surface area is 141 Å². The maximum atomic E-state index is 12.1. The molecule has 0 saturated carbocycles. The Bertz CT molecular complexity index is 615. The summed E-state index contributed by atoms with van der Waals surface area (Å²) in [6, 6.07) is 4.34. The second kappa shape index (κ2) is 6.24. The van der Waals surface area contributed by atoms with Gasteiger partial charge in [0.25, 0.3) is 0 Å². The van der Waals surface area contributed by atoms with Crippen LogP contribution in [0.3, 0.4) is 0 Å². The van der Waals surface area contributed by atoms with Crippen LogP contribution in [0.15, 0.2) is 12.1 Å². The Morgan fingerprint density at radius 1 is 1.26 bits per heavy atom. The Kier molecular flexibility index (Phi) is 4.47. The molecule has 0 aromatic carbocycles. The maximum absolute atomic E-state index is 12.1. The number of hydrogen-bond acceptors (Lipinski definition) is 4. The summed E-state index contributed by atoms with van der Waals surface area (Å²) in [7, 11) is 1.87. The van der Waals surface area contributed by atoms with Crippen molar-refractivity contribution in [2.24, 2.45) is 5.41 Å². The molecular weight excluding hydrogens is 310 g/mol. The fourth-order valence-electron chi connectivity index (χ4n) is 3.86. The molecule has 5 nitrogen and oxygen atoms in total. The Morgan fingerprint density at radius 3 is 2.61 bits per heavy atom. The lowest BCUT2D eigenvalue weighted by molar-refractivity contribution is -0.130. The highest BCUT2D eigenvalue weighted by molar-refractivity contribution is 7.11. The van der Waals surface area contributed by atoms with Gasteiger partial charge in [-0.25, -0.2) is 0 Å². The first-order valence-corrected chi connectivity index (χ1v) is 8.96. The van der Waals surface area contributed by atoms with Crippen LogP contribution < -0.4 is 0 Å². The van der Waals surface area contributed by atoms with E-state index < -0.39 is 0 Å². The third kappa shape index (κ3) is 3.58. The van der Waals surface area contributed by atoms with Gasteiger partial charge in [0, 0.05) is 74.8 Å². The molecule has 1 spiro atoms. The van der Waals surface area contributed by atoms with Crippen LogP contribution in [0.2, 0.25) is 0 Å². The third-order valence-corrected chi connectivity index (χ3v) is 5.90. The summed E-state index contributed by atoms with van der Waals surface area (Å²) in [6.07, 6.45) is 0.549. The van der Waals surface area contributed by atoms with Gasteiger partial charge in [0.05, 0.1) is 0 Å². The molecule has 1 atom stereocenters. The van der Waals surface area contributed by atoms with Crippen LogP contribution >= 0.6 is 11.3 Å². The van der Waals surface area contributed by atoms with Crippen molar-refractivity contribution in [1.29, 1.82) is 0 Å². The number of rotatable bonds is 2. The zero-order valence-corrected chi connectivity index (χ0v) is 15.0. The summed E-state index contributed by atoms with van der Waals surface area (Å²) < 4.78 is 0. The Balaban J connectivity index is 1.80. The largest absolute Gasteiger partial charge is 0.345 e. The molecule has 126 valence electrons. The van der Waals surface area contributed by atoms with Gasteiger partial charge in [-0.15, -0.1) is 11.3 Å². The fourth-order valence-corrected chi connectivity index (χ4v) is 4.79. The normalized spacial score (nSPS) is 26.1. The molecule has 2 aliphatic heterocycles. The predicted octanol–water partition coefficient (Wildman–Crippen LogP) is 1.57. The molecule has 2 amide bonds. The third-order valence-electron chi connectivity index (χ3n) is 4.92. The zero-order valence-electron chi connectivity index (χ0n) is 14.2. The lowest BCUT2D eigenvalue weighted by atomic mass is 9.86. The van der Waals surface area contributed by atoms with Crippen molar-refractivity contribution < 1.29 is 9.59 Å². The number of carbonyl (C=O) groups excluding carboxylic acids is 2. The zero-order chi connectivity index (χ0) is 16.6. The Morgan fingerprint density at radius 2 is 2.04 bits per heavy atom. The average molecular weight is 335 g/mol. The predicted molar refractivity (Wildman–Crippen MR) is 91.3 cm³/mol. The standard InChI is InChI=1S/C17H25N3O2S/c1-13-4-5-15(23-13)9-19-6-7-20(14(2)21)12-17(11-19)8-16(22)18(3)10-17/h4-5H,6-12H2,1-3H3. The molecule has 1 aromatic heterocycles. The molecule has 6 heteroatoms. The first kappa shape index (κ1) is 16.5. The van der Waals surface area contributed by atoms with E-state index in [9.17, 15) is 9.59 Å². The molecule has 2 fully saturated rings. The molecule has 0 aliphatic carbocycles. The van der Waals surface area contributed by atoms with Gasteiger partial charge in [0.15, 0.2) is 0 Å². The summed E-state index contributed by atoms with van der Waals surface area (Å²) >= 11 is 1.83. The molecule has 1 aromatic rings. The first-order chi connectivity index (χ1) is 10.9. The monoisotopic (exact) mass is 335 g/mol. The minimum atomic E-state index is -0.125. The van der Waals surface area contributed by atoms with Crippen molar-refractivity contribution in [2.75, 3.05) is 39.8 Å². The lowest BCUT2D eigenvalue weighted by Crippen LogP contribution is -2.43. The van der Waals surface area contributed by atoms with Crippen LogP contribution in [0.25, 0.3) is 0 Å². The average Bonchev–Trinajstić information content (AvgIpc) is 2.91. The number of thiophene rings is 1. The number of hydrogen-bond donors (Lipinski definition) is 0. The second-order valence-corrected chi connectivity index (χ2v) is 8.46. The summed E-state index contributed by atoms with van der Waals surface area (Å²) in [5, 5.41) is 0. The highest BCUT2D eigenvalue weighted by Gasteiger charge is 2.45. The topological polar surface area (TPSA) is 43.9 Å². The van der Waals surface area contributed by atoms with E-state index in [0.717, 1.165) is 32.7 Å². The van der Waals surface area contributed by atoms with Crippen molar-refractivity contribution in [3.05, 3.63) is 21.9 Å². The van der Waals surface area contributed by atoms with Crippen molar-refractivity contribution in [3.63, 3.8) is 0 Å². The minimum absolute atomic E-state index is 0.111. The van der Waals surface area contributed by atoms with Crippen LogP contribution in [0.4, 0.5) is 0 Å². The molecule has 1 unspecified atom stereocenters. The second-order valence-electron chi connectivity index (χ2n) is 7.09. The van der Waals surface area contributed by atoms with E-state index in [0.29, 0.717) is 13.0 Å². The van der Waals surface area contributed by atoms with Gasteiger partial charge in [-0.05, 0) is 19.1 Å². The molecule has 2 saturated heterocycles. The number of nitrogens with zero attached hydrogens (tertiary/aromatic N) is 3. The van der Waals surface area contributed by atoms with Crippen molar-refractivity contribution in [1.82, 2.24) is 14.7 Å². The van der Waals surface area contributed by atoms with E-state index in [1.54, 1.807) is 6.92 Å². The van der Waals surface area contributed by atoms with Crippen LogP contribution in [0, 0.1) is 12.3 Å². The highest BCUT2D eigenvalue weighted by atomic mass is 32.1. The van der Waals surface area contributed by atoms with Crippen LogP contribution in [-0.4, -0.2) is 66.3 Å². The van der Waals surface area contributed by atoms with Crippen LogP contribution in [0.1, 0.15) is 23.1 Å². The minimum Gasteiger partial charge on any atom is -0.345 e. The molecule has 2 aliphatic rings. The maximum Gasteiger partial charge on any atom is 0.223 e. The number of amides is 2. The van der Waals surface area contributed by atoms with Gasteiger partial charge in [-0.1, -0.05) is 0 Å². The fraction of sp³-hybridized carbons (Fsp3) is 0.647. The molecule has 23 heavy (non-hydrogen) atoms. The summed E-state index contributed by atoms with van der Waals surface area (Å²) in [5.74, 6) is 0.308. The molecule has 3 heterocycles. The van der Waals surface area contributed by atoms with Crippen molar-refractivity contribution in [2.45, 2.75) is 26.8 Å². The van der Waals surface area contributed by atoms with E-state index >= 15 is 0 Å². The number of carbonyl (C=O) groups is 2. The van der Waals surface area contributed by atoms with Gasteiger partial charge >= 0.3 is 0 Å². The first-order valence-electron chi connectivity index (χ1n) is 8.14. The smallest absolute Gasteiger partial charge is 0.223 e. The SMILES string of the molecule is CC(=O)N1CCN(Cc2ccc(C)s2)CC2(CC(=O)N(C)C2)C1. The summed E-state index contributed by atoms with van der Waals surface area (Å²) in [5.41, 5.74) is -0.125. The van der Waals surface area contributed by atoms with Crippen molar-refractivity contribution in [3.8, 4) is 0 Å². The lowest BCUT2D eigenvalue weighted by Gasteiger charge is -2.33. The van der Waals surface area contributed by atoms with Gasteiger partial charge < -0.3 is 9.80 Å². The van der Waals surface area contributed by atoms with Gasteiger partial charge in [0.1, 0.15) is 0 Å². The van der Waals surface area contributed by atoms with E-state index in [1.807, 2.05) is 28.2 Å². The molecule has 3 rings (SSSR count). The van der Waals surface area contributed by atoms with Gasteiger partial charge in [-0.2, -0.15) is 0 Å². The van der Waals surface area contributed by atoms with E-state index in [2.05, 4.69) is 24.0 Å². The molecule has 0 N–H and O–H groups in total. The van der Waals surface area contributed by atoms with Gasteiger partial charge in [-0.3, -0.25) is 14.5 Å². The van der Waals surface area contributed by atoms with E-state index in [1.165, 1.54) is 9.75 Å². The summed E-state index contributed by atoms with van der Waals surface area (Å²) in [6.45, 7) is 8.60. The van der Waals surface area contributed by atoms with Crippen LogP contribution in [-0.2, 0) is 16.1 Å². The number of likely N-dealkylation sites (tertiary alicyclic amines) is 1. The number of aryl methyl sites for hydroxylation is 1. The van der Waals surface area contributed by atoms with Crippen LogP contribution in [0.5, 0.6) is 0 Å². The molecule has 0 radical (unpaired) electrons. The van der Waals surface area contributed by atoms with Crippen molar-refractivity contribution >= 4 is 23.2 Å². The Hall–Kier alpha value is -1.40. The highest BCUT2D eigenvalue weighted by Crippen LogP contribution is 2.35. The van der Waals surface area contributed by atoms with E-state index in [4.69, 9.17) is 0 Å². The molecular formula is C17H25N3O2S. The quantitative estimate of drug-likeness (QED) is 0.824. The van der Waals surface area contributed by atoms with Gasteiger partial charge in [0.2, 0.25) is 11.8 Å². The van der Waals surface area contributed by atoms with E-state index in [-0.39, 0.29) is 17.2 Å². The molecule has 0 bridgehead atoms.